The fourth-order valence-corrected chi connectivity index (χ4v) is 2.56. The van der Waals surface area contributed by atoms with E-state index >= 15 is 0 Å². The molecule has 1 aliphatic heterocycles. The van der Waals surface area contributed by atoms with Crippen molar-refractivity contribution < 1.29 is 5.11 Å². The maximum Gasteiger partial charge on any atom is 0.139 e. The lowest BCUT2D eigenvalue weighted by Crippen LogP contribution is -2.43. The molecular formula is C16H24N2O. The van der Waals surface area contributed by atoms with Crippen LogP contribution in [-0.4, -0.2) is 40.8 Å². The van der Waals surface area contributed by atoms with Crippen LogP contribution in [0, 0.1) is 0 Å². The van der Waals surface area contributed by atoms with Crippen molar-refractivity contribution in [2.75, 3.05) is 19.6 Å². The number of likely N-dealkylation sites (tertiary alicyclic amines) is 1. The topological polar surface area (TPSA) is 26.7 Å². The minimum absolute atomic E-state index is 0.476. The van der Waals surface area contributed by atoms with Crippen LogP contribution in [0.25, 0.3) is 0 Å². The lowest BCUT2D eigenvalue weighted by molar-refractivity contribution is -0.00124. The van der Waals surface area contributed by atoms with Gasteiger partial charge in [-0.15, -0.1) is 0 Å². The van der Waals surface area contributed by atoms with Crippen molar-refractivity contribution in [3.63, 3.8) is 0 Å². The Hall–Kier alpha value is -1.32. The zero-order valence-corrected chi connectivity index (χ0v) is 11.5. The first kappa shape index (κ1) is 14.1. The Bertz CT molecular complexity index is 374. The second-order valence-electron chi connectivity index (χ2n) is 5.18. The number of hydrogen-bond donors (Lipinski definition) is 1. The fraction of sp³-hybridized carbons (Fsp3) is 0.500. The molecule has 1 N–H and O–H groups in total. The summed E-state index contributed by atoms with van der Waals surface area (Å²) in [5.41, 5.74) is 1.19. The van der Waals surface area contributed by atoms with Crippen LogP contribution < -0.4 is 0 Å². The molecule has 1 heterocycles. The summed E-state index contributed by atoms with van der Waals surface area (Å²) < 4.78 is 0. The van der Waals surface area contributed by atoms with E-state index in [1.54, 1.807) is 6.20 Å². The first-order valence-electron chi connectivity index (χ1n) is 7.12. The smallest absolute Gasteiger partial charge is 0.139 e. The van der Waals surface area contributed by atoms with E-state index in [1.807, 2.05) is 23.1 Å². The van der Waals surface area contributed by atoms with Crippen molar-refractivity contribution in [3.8, 4) is 0 Å². The largest absolute Gasteiger partial charge is 0.372 e. The molecule has 1 saturated heterocycles. The molecule has 1 unspecified atom stereocenters. The number of piperidine rings is 1. The van der Waals surface area contributed by atoms with Crippen LogP contribution in [0.2, 0.25) is 0 Å². The van der Waals surface area contributed by atoms with Crippen LogP contribution in [0.4, 0.5) is 0 Å². The van der Waals surface area contributed by atoms with E-state index in [1.165, 1.54) is 24.8 Å². The molecule has 1 aliphatic rings. The molecule has 1 aromatic carbocycles. The van der Waals surface area contributed by atoms with Crippen molar-refractivity contribution >= 4 is 0 Å². The van der Waals surface area contributed by atoms with E-state index in [2.05, 4.69) is 23.6 Å². The molecule has 0 bridgehead atoms. The monoisotopic (exact) mass is 260 g/mol. The fourth-order valence-electron chi connectivity index (χ4n) is 2.56. The first-order valence-corrected chi connectivity index (χ1v) is 7.12. The number of aliphatic hydroxyl groups is 1. The average Bonchev–Trinajstić information content (AvgIpc) is 2.47. The number of benzene rings is 1. The number of β-amino-alcohol motifs (C(OH)–C–C–N with tert-alkyl or cyclic N) is 1. The van der Waals surface area contributed by atoms with Gasteiger partial charge in [-0.3, -0.25) is 4.90 Å². The highest BCUT2D eigenvalue weighted by Crippen LogP contribution is 2.12. The van der Waals surface area contributed by atoms with E-state index in [0.717, 1.165) is 13.1 Å². The molecule has 1 aromatic rings. The molecular weight excluding hydrogens is 236 g/mol. The van der Waals surface area contributed by atoms with Gasteiger partial charge in [-0.2, -0.15) is 0 Å². The molecule has 0 aromatic heterocycles. The summed E-state index contributed by atoms with van der Waals surface area (Å²) in [7, 11) is 0. The lowest BCUT2D eigenvalue weighted by Gasteiger charge is -2.33. The highest BCUT2D eigenvalue weighted by molar-refractivity contribution is 5.14. The first-order chi connectivity index (χ1) is 9.29. The molecule has 1 atom stereocenters. The van der Waals surface area contributed by atoms with Crippen molar-refractivity contribution in [2.45, 2.75) is 32.0 Å². The van der Waals surface area contributed by atoms with E-state index in [-0.39, 0.29) is 0 Å². The molecule has 0 amide bonds. The van der Waals surface area contributed by atoms with Gasteiger partial charge in [-0.25, -0.2) is 0 Å². The summed E-state index contributed by atoms with van der Waals surface area (Å²) in [4.78, 5) is 4.25. The summed E-state index contributed by atoms with van der Waals surface area (Å²) in [6.45, 7) is 7.44. The van der Waals surface area contributed by atoms with Crippen molar-refractivity contribution in [1.29, 1.82) is 0 Å². The maximum atomic E-state index is 10.3. The van der Waals surface area contributed by atoms with Crippen molar-refractivity contribution in [3.05, 3.63) is 48.7 Å². The summed E-state index contributed by atoms with van der Waals surface area (Å²) in [6, 6.07) is 10.2. The number of rotatable bonds is 6. The van der Waals surface area contributed by atoms with E-state index in [9.17, 15) is 5.11 Å². The minimum atomic E-state index is -0.476. The van der Waals surface area contributed by atoms with Crippen LogP contribution in [0.15, 0.2) is 43.1 Å². The summed E-state index contributed by atoms with van der Waals surface area (Å²) in [5, 5.41) is 10.3. The third kappa shape index (κ3) is 4.37. The van der Waals surface area contributed by atoms with E-state index in [4.69, 9.17) is 0 Å². The second kappa shape index (κ2) is 7.31. The third-order valence-electron chi connectivity index (χ3n) is 3.70. The van der Waals surface area contributed by atoms with Gasteiger partial charge in [0.1, 0.15) is 6.23 Å². The standard InChI is InChI=1S/C16H24N2O/c1-2-18(13-15-9-5-3-6-10-15)16(19)14-17-11-7-4-8-12-17/h2-3,5-6,9-10,16,19H,1,4,7-8,11-14H2. The molecule has 0 spiro atoms. The molecule has 3 nitrogen and oxygen atoms in total. The lowest BCUT2D eigenvalue weighted by atomic mass is 10.1. The molecule has 0 saturated carbocycles. The highest BCUT2D eigenvalue weighted by Gasteiger charge is 2.18. The minimum Gasteiger partial charge on any atom is -0.372 e. The zero-order valence-electron chi connectivity index (χ0n) is 11.5. The summed E-state index contributed by atoms with van der Waals surface area (Å²) >= 11 is 0. The van der Waals surface area contributed by atoms with Gasteiger partial charge < -0.3 is 10.0 Å². The Balaban J connectivity index is 1.87. The average molecular weight is 260 g/mol. The van der Waals surface area contributed by atoms with Gasteiger partial charge in [0.25, 0.3) is 0 Å². The molecule has 104 valence electrons. The van der Waals surface area contributed by atoms with Gasteiger partial charge in [0.2, 0.25) is 0 Å². The summed E-state index contributed by atoms with van der Waals surface area (Å²) in [5.74, 6) is 0. The van der Waals surface area contributed by atoms with Gasteiger partial charge in [-0.05, 0) is 37.7 Å². The predicted octanol–water partition coefficient (Wildman–Crippen LogP) is 2.44. The van der Waals surface area contributed by atoms with Crippen LogP contribution in [0.3, 0.4) is 0 Å². The molecule has 19 heavy (non-hydrogen) atoms. The van der Waals surface area contributed by atoms with Gasteiger partial charge in [0.15, 0.2) is 0 Å². The third-order valence-corrected chi connectivity index (χ3v) is 3.70. The van der Waals surface area contributed by atoms with Gasteiger partial charge >= 0.3 is 0 Å². The van der Waals surface area contributed by atoms with Gasteiger partial charge in [0, 0.05) is 13.1 Å². The molecule has 0 aliphatic carbocycles. The molecule has 3 heteroatoms. The molecule has 0 radical (unpaired) electrons. The number of nitrogens with zero attached hydrogens (tertiary/aromatic N) is 2. The predicted molar refractivity (Wildman–Crippen MR) is 78.5 cm³/mol. The quantitative estimate of drug-likeness (QED) is 0.796. The van der Waals surface area contributed by atoms with Crippen molar-refractivity contribution in [1.82, 2.24) is 9.80 Å². The van der Waals surface area contributed by atoms with Crippen LogP contribution in [0.1, 0.15) is 24.8 Å². The van der Waals surface area contributed by atoms with Gasteiger partial charge in [0.05, 0.1) is 0 Å². The van der Waals surface area contributed by atoms with E-state index in [0.29, 0.717) is 13.1 Å². The highest BCUT2D eigenvalue weighted by atomic mass is 16.3. The SMILES string of the molecule is C=CN(Cc1ccccc1)C(O)CN1CCCCC1. The van der Waals surface area contributed by atoms with Crippen LogP contribution in [0.5, 0.6) is 0 Å². The Morgan fingerprint density at radius 2 is 1.89 bits per heavy atom. The number of aliphatic hydroxyl groups excluding tert-OH is 1. The number of hydrogen-bond acceptors (Lipinski definition) is 3. The van der Waals surface area contributed by atoms with Crippen LogP contribution >= 0.6 is 0 Å². The van der Waals surface area contributed by atoms with Crippen LogP contribution in [-0.2, 0) is 6.54 Å². The zero-order chi connectivity index (χ0) is 13.5. The maximum absolute atomic E-state index is 10.3. The van der Waals surface area contributed by atoms with Gasteiger partial charge in [-0.1, -0.05) is 43.3 Å². The Morgan fingerprint density at radius 1 is 1.21 bits per heavy atom. The summed E-state index contributed by atoms with van der Waals surface area (Å²) in [6.07, 6.45) is 5.08. The Morgan fingerprint density at radius 3 is 2.53 bits per heavy atom. The normalized spacial score (nSPS) is 17.9. The van der Waals surface area contributed by atoms with Crippen molar-refractivity contribution in [2.24, 2.45) is 0 Å². The molecule has 1 fully saturated rings. The second-order valence-corrected chi connectivity index (χ2v) is 5.18. The van der Waals surface area contributed by atoms with E-state index < -0.39 is 6.23 Å². The Labute approximate surface area is 116 Å². The molecule has 2 rings (SSSR count). The Kier molecular flexibility index (Phi) is 5.43.